The van der Waals surface area contributed by atoms with Gasteiger partial charge in [-0.05, 0) is 0 Å². The zero-order valence-corrected chi connectivity index (χ0v) is 10.8. The molecule has 4 N–H and O–H groups in total. The van der Waals surface area contributed by atoms with E-state index in [1.165, 1.54) is 0 Å². The summed E-state index contributed by atoms with van der Waals surface area (Å²) >= 11 is 0. The third-order valence-corrected chi connectivity index (χ3v) is 0.805. The monoisotopic (exact) mass is 198 g/mol. The van der Waals surface area contributed by atoms with Crippen LogP contribution in [0.3, 0.4) is 0 Å². The van der Waals surface area contributed by atoms with Gasteiger partial charge in [-0.3, -0.25) is 0 Å². The van der Waals surface area contributed by atoms with Gasteiger partial charge in [0.2, 0.25) is 0 Å². The first-order valence-corrected chi connectivity index (χ1v) is 2.28. The SMILES string of the molecule is O=C(O)C(O)C(O)C(=O)O.[H-].[H-].[Na+].[Na+]. The maximum atomic E-state index is 9.77. The number of aliphatic hydroxyl groups is 2. The van der Waals surface area contributed by atoms with Crippen molar-refractivity contribution in [3.8, 4) is 0 Å². The van der Waals surface area contributed by atoms with Crippen LogP contribution in [0.5, 0.6) is 0 Å². The predicted molar refractivity (Wildman–Crippen MR) is 29.5 cm³/mol. The zero-order valence-electron chi connectivity index (χ0n) is 8.76. The summed E-state index contributed by atoms with van der Waals surface area (Å²) in [6, 6.07) is 0. The van der Waals surface area contributed by atoms with Crippen LogP contribution in [0.2, 0.25) is 0 Å². The Morgan fingerprint density at radius 2 is 1.08 bits per heavy atom. The van der Waals surface area contributed by atoms with Gasteiger partial charge in [0.15, 0.2) is 12.2 Å². The molecule has 0 aliphatic heterocycles. The number of hydrogen-bond acceptors (Lipinski definition) is 4. The van der Waals surface area contributed by atoms with Crippen molar-refractivity contribution in [1.82, 2.24) is 0 Å². The molecule has 2 atom stereocenters. The van der Waals surface area contributed by atoms with Gasteiger partial charge in [-0.25, -0.2) is 9.59 Å². The molecule has 0 heterocycles. The van der Waals surface area contributed by atoms with E-state index in [1.807, 2.05) is 0 Å². The number of aliphatic carboxylic acids is 2. The van der Waals surface area contributed by atoms with Gasteiger partial charge in [0.25, 0.3) is 0 Å². The van der Waals surface area contributed by atoms with Gasteiger partial charge < -0.3 is 23.3 Å². The van der Waals surface area contributed by atoms with Crippen molar-refractivity contribution in [2.24, 2.45) is 0 Å². The molecular weight excluding hydrogens is 190 g/mol. The summed E-state index contributed by atoms with van der Waals surface area (Å²) in [6.45, 7) is 0. The number of carboxylic acid groups (broad SMARTS) is 2. The van der Waals surface area contributed by atoms with E-state index in [1.54, 1.807) is 0 Å². The minimum absolute atomic E-state index is 0. The molecule has 8 heteroatoms. The first-order valence-electron chi connectivity index (χ1n) is 2.28. The van der Waals surface area contributed by atoms with Crippen molar-refractivity contribution in [3.63, 3.8) is 0 Å². The summed E-state index contributed by atoms with van der Waals surface area (Å²) < 4.78 is 0. The third-order valence-electron chi connectivity index (χ3n) is 0.805. The Hall–Kier alpha value is 0.860. The van der Waals surface area contributed by atoms with Crippen molar-refractivity contribution in [2.75, 3.05) is 0 Å². The van der Waals surface area contributed by atoms with Crippen LogP contribution in [-0.2, 0) is 9.59 Å². The quantitative estimate of drug-likeness (QED) is 0.335. The topological polar surface area (TPSA) is 115 Å². The average Bonchev–Trinajstić information content (AvgIpc) is 1.84. The Balaban J connectivity index is -0.0000000675. The van der Waals surface area contributed by atoms with E-state index in [2.05, 4.69) is 0 Å². The standard InChI is InChI=1S/C4H6O6.2Na.2H/c5-1(3(7)8)2(6)4(9)10;;;;/h1-2,5-6H,(H,7,8)(H,9,10);;;;/q;2*+1;2*-1. The predicted octanol–water partition coefficient (Wildman–Crippen LogP) is -7.89. The molecule has 0 aliphatic carbocycles. The Bertz CT molecular complexity index is 150. The van der Waals surface area contributed by atoms with Crippen LogP contribution in [0.15, 0.2) is 0 Å². The minimum atomic E-state index is -2.27. The normalized spacial score (nSPS) is 13.2. The summed E-state index contributed by atoms with van der Waals surface area (Å²) in [4.78, 5) is 19.5. The average molecular weight is 198 g/mol. The number of aliphatic hydroxyl groups excluding tert-OH is 2. The van der Waals surface area contributed by atoms with E-state index >= 15 is 0 Å². The molecule has 0 bridgehead atoms. The maximum Gasteiger partial charge on any atom is 1.00 e. The van der Waals surface area contributed by atoms with Crippen LogP contribution < -0.4 is 59.1 Å². The van der Waals surface area contributed by atoms with Crippen LogP contribution in [0.4, 0.5) is 0 Å². The summed E-state index contributed by atoms with van der Waals surface area (Å²) in [6.07, 6.45) is -4.53. The van der Waals surface area contributed by atoms with Crippen molar-refractivity contribution in [2.45, 2.75) is 12.2 Å². The number of carboxylic acids is 2. The fourth-order valence-corrected chi connectivity index (χ4v) is 0.270. The Kier molecular flexibility index (Phi) is 13.1. The third kappa shape index (κ3) is 6.38. The van der Waals surface area contributed by atoms with Crippen LogP contribution in [-0.4, -0.2) is 44.6 Å². The van der Waals surface area contributed by atoms with Gasteiger partial charge >= 0.3 is 71.1 Å². The molecule has 0 aliphatic rings. The maximum absolute atomic E-state index is 9.77. The van der Waals surface area contributed by atoms with Crippen LogP contribution in [0.1, 0.15) is 2.85 Å². The van der Waals surface area contributed by atoms with E-state index in [0.717, 1.165) is 0 Å². The molecule has 0 aromatic carbocycles. The summed E-state index contributed by atoms with van der Waals surface area (Å²) in [5.74, 6) is -3.54. The molecule has 6 nitrogen and oxygen atoms in total. The molecular formula is C4H8Na2O6. The second-order valence-corrected chi connectivity index (χ2v) is 1.57. The Morgan fingerprint density at radius 3 is 1.17 bits per heavy atom. The summed E-state index contributed by atoms with van der Waals surface area (Å²) in [5.41, 5.74) is 0. The minimum Gasteiger partial charge on any atom is -1.00 e. The molecule has 0 aromatic rings. The van der Waals surface area contributed by atoms with E-state index in [0.29, 0.717) is 0 Å². The van der Waals surface area contributed by atoms with E-state index in [-0.39, 0.29) is 62.0 Å². The van der Waals surface area contributed by atoms with Gasteiger partial charge in [-0.1, -0.05) is 0 Å². The van der Waals surface area contributed by atoms with Gasteiger partial charge in [-0.2, -0.15) is 0 Å². The van der Waals surface area contributed by atoms with Gasteiger partial charge in [0.05, 0.1) is 0 Å². The smallest absolute Gasteiger partial charge is 1.00 e. The molecule has 2 unspecified atom stereocenters. The van der Waals surface area contributed by atoms with Crippen molar-refractivity contribution < 1.29 is 92.0 Å². The molecule has 0 saturated carbocycles. The second-order valence-electron chi connectivity index (χ2n) is 1.57. The second kappa shape index (κ2) is 8.46. The number of carbonyl (C=O) groups is 2. The number of hydrogen-bond donors (Lipinski definition) is 4. The number of rotatable bonds is 3. The molecule has 0 spiro atoms. The van der Waals surface area contributed by atoms with Gasteiger partial charge in [0.1, 0.15) is 0 Å². The van der Waals surface area contributed by atoms with Crippen LogP contribution >= 0.6 is 0 Å². The van der Waals surface area contributed by atoms with E-state index in [4.69, 9.17) is 20.4 Å². The van der Waals surface area contributed by atoms with E-state index in [9.17, 15) is 9.59 Å². The fourth-order valence-electron chi connectivity index (χ4n) is 0.270. The first kappa shape index (κ1) is 18.6. The zero-order chi connectivity index (χ0) is 8.31. The molecule has 0 saturated heterocycles. The Morgan fingerprint density at radius 1 is 0.917 bits per heavy atom. The first-order chi connectivity index (χ1) is 4.46. The van der Waals surface area contributed by atoms with Crippen molar-refractivity contribution in [3.05, 3.63) is 0 Å². The van der Waals surface area contributed by atoms with Crippen molar-refractivity contribution in [1.29, 1.82) is 0 Å². The molecule has 0 fully saturated rings. The molecule has 0 aromatic heterocycles. The van der Waals surface area contributed by atoms with Gasteiger partial charge in [-0.15, -0.1) is 0 Å². The Labute approximate surface area is 115 Å². The molecule has 0 radical (unpaired) electrons. The largest absolute Gasteiger partial charge is 1.00 e. The fraction of sp³-hybridized carbons (Fsp3) is 0.500. The molecule has 0 rings (SSSR count). The summed E-state index contributed by atoms with van der Waals surface area (Å²) in [5, 5.41) is 32.5. The van der Waals surface area contributed by atoms with Crippen LogP contribution in [0.25, 0.3) is 0 Å². The van der Waals surface area contributed by atoms with Gasteiger partial charge in [0, 0.05) is 0 Å². The van der Waals surface area contributed by atoms with E-state index < -0.39 is 24.1 Å². The molecule has 12 heavy (non-hydrogen) atoms. The molecule has 62 valence electrons. The summed E-state index contributed by atoms with van der Waals surface area (Å²) in [7, 11) is 0. The van der Waals surface area contributed by atoms with Crippen molar-refractivity contribution >= 4 is 11.9 Å². The van der Waals surface area contributed by atoms with Crippen LogP contribution in [0, 0.1) is 0 Å². The molecule has 0 amide bonds.